The number of benzene rings is 2. The van der Waals surface area contributed by atoms with E-state index in [-0.39, 0.29) is 0 Å². The maximum atomic E-state index is 9.95. The van der Waals surface area contributed by atoms with E-state index in [9.17, 15) is 5.11 Å². The van der Waals surface area contributed by atoms with Gasteiger partial charge in [-0.15, -0.1) is 0 Å². The van der Waals surface area contributed by atoms with E-state index in [1.807, 2.05) is 12.1 Å². The minimum absolute atomic E-state index is 0.338. The van der Waals surface area contributed by atoms with Gasteiger partial charge in [0.1, 0.15) is 5.75 Å². The molecule has 0 saturated heterocycles. The molecule has 1 aliphatic carbocycles. The minimum atomic E-state index is 0.338. The maximum absolute atomic E-state index is 9.95. The Labute approximate surface area is 142 Å². The first-order valence-electron chi connectivity index (χ1n) is 8.52. The van der Waals surface area contributed by atoms with Crippen LogP contribution in [0.5, 0.6) is 5.75 Å². The van der Waals surface area contributed by atoms with Crippen LogP contribution in [0, 0.1) is 0 Å². The van der Waals surface area contributed by atoms with Gasteiger partial charge < -0.3 is 15.0 Å². The van der Waals surface area contributed by atoms with Gasteiger partial charge in [-0.3, -0.25) is 0 Å². The van der Waals surface area contributed by atoms with Crippen molar-refractivity contribution in [2.24, 2.45) is 0 Å². The Morgan fingerprint density at radius 3 is 2.75 bits per heavy atom. The summed E-state index contributed by atoms with van der Waals surface area (Å²) in [6.45, 7) is 1.75. The Hall–Kier alpha value is -2.52. The predicted octanol–water partition coefficient (Wildman–Crippen LogP) is 4.02. The third-order valence-corrected chi connectivity index (χ3v) is 4.82. The zero-order valence-corrected chi connectivity index (χ0v) is 13.7. The topological polar surface area (TPSA) is 37.2 Å². The van der Waals surface area contributed by atoms with Crippen LogP contribution in [-0.4, -0.2) is 9.67 Å². The number of rotatable bonds is 5. The van der Waals surface area contributed by atoms with Crippen molar-refractivity contribution in [1.82, 2.24) is 9.88 Å². The molecule has 0 aliphatic heterocycles. The quantitative estimate of drug-likeness (QED) is 0.745. The van der Waals surface area contributed by atoms with Crippen LogP contribution in [0.15, 0.2) is 67.0 Å². The summed E-state index contributed by atoms with van der Waals surface area (Å²) in [4.78, 5) is 0. The number of phenolic OH excluding ortho intramolecular Hbond substituents is 1. The highest BCUT2D eigenvalue weighted by molar-refractivity contribution is 5.44. The third-order valence-electron chi connectivity index (χ3n) is 4.82. The van der Waals surface area contributed by atoms with Crippen LogP contribution in [0.3, 0.4) is 0 Å². The van der Waals surface area contributed by atoms with E-state index in [1.165, 1.54) is 16.7 Å². The fourth-order valence-corrected chi connectivity index (χ4v) is 3.58. The van der Waals surface area contributed by atoms with Crippen molar-refractivity contribution in [2.45, 2.75) is 32.0 Å². The largest absolute Gasteiger partial charge is 0.508 e. The SMILES string of the molecule is Oc1cccc2c1CC[C@H]2NCc1ccn(Cc2ccccc2)c1. The molecule has 1 aromatic heterocycles. The van der Waals surface area contributed by atoms with Crippen LogP contribution < -0.4 is 5.32 Å². The number of nitrogens with one attached hydrogen (secondary N) is 1. The highest BCUT2D eigenvalue weighted by atomic mass is 16.3. The summed E-state index contributed by atoms with van der Waals surface area (Å²) in [6.07, 6.45) is 6.35. The van der Waals surface area contributed by atoms with Gasteiger partial charge in [0, 0.05) is 31.5 Å². The second-order valence-corrected chi connectivity index (χ2v) is 6.49. The lowest BCUT2D eigenvalue weighted by atomic mass is 10.1. The van der Waals surface area contributed by atoms with E-state index < -0.39 is 0 Å². The molecule has 0 amide bonds. The number of phenols is 1. The average molecular weight is 318 g/mol. The Kier molecular flexibility index (Phi) is 4.09. The summed E-state index contributed by atoms with van der Waals surface area (Å²) in [5.74, 6) is 0.436. The molecular weight excluding hydrogens is 296 g/mol. The Morgan fingerprint density at radius 1 is 1.00 bits per heavy atom. The third kappa shape index (κ3) is 3.08. The summed E-state index contributed by atoms with van der Waals surface area (Å²) >= 11 is 0. The molecule has 2 aromatic carbocycles. The second kappa shape index (κ2) is 6.54. The van der Waals surface area contributed by atoms with Gasteiger partial charge in [-0.1, -0.05) is 42.5 Å². The molecule has 0 fully saturated rings. The normalized spacial score (nSPS) is 16.2. The minimum Gasteiger partial charge on any atom is -0.508 e. The van der Waals surface area contributed by atoms with E-state index in [2.05, 4.69) is 58.7 Å². The molecule has 2 N–H and O–H groups in total. The fraction of sp³-hybridized carbons (Fsp3) is 0.238. The van der Waals surface area contributed by atoms with Gasteiger partial charge >= 0.3 is 0 Å². The number of aromatic hydroxyl groups is 1. The van der Waals surface area contributed by atoms with Gasteiger partial charge in [-0.25, -0.2) is 0 Å². The van der Waals surface area contributed by atoms with Gasteiger partial charge in [-0.05, 0) is 47.2 Å². The monoisotopic (exact) mass is 318 g/mol. The first kappa shape index (κ1) is 15.0. The van der Waals surface area contributed by atoms with Crippen LogP contribution >= 0.6 is 0 Å². The van der Waals surface area contributed by atoms with Crippen LogP contribution in [0.1, 0.15) is 34.7 Å². The van der Waals surface area contributed by atoms with E-state index in [0.717, 1.165) is 31.5 Å². The highest BCUT2D eigenvalue weighted by Gasteiger charge is 2.23. The lowest BCUT2D eigenvalue weighted by Crippen LogP contribution is -2.18. The van der Waals surface area contributed by atoms with Gasteiger partial charge in [0.25, 0.3) is 0 Å². The summed E-state index contributed by atoms with van der Waals surface area (Å²) in [5, 5.41) is 13.6. The van der Waals surface area contributed by atoms with Crippen molar-refractivity contribution in [3.63, 3.8) is 0 Å². The van der Waals surface area contributed by atoms with Gasteiger partial charge in [0.05, 0.1) is 0 Å². The van der Waals surface area contributed by atoms with E-state index >= 15 is 0 Å². The second-order valence-electron chi connectivity index (χ2n) is 6.49. The Morgan fingerprint density at radius 2 is 1.88 bits per heavy atom. The predicted molar refractivity (Wildman–Crippen MR) is 96.0 cm³/mol. The molecule has 0 spiro atoms. The molecule has 0 saturated carbocycles. The first-order chi connectivity index (χ1) is 11.8. The fourth-order valence-electron chi connectivity index (χ4n) is 3.58. The van der Waals surface area contributed by atoms with Crippen molar-refractivity contribution in [3.05, 3.63) is 89.2 Å². The van der Waals surface area contributed by atoms with Gasteiger partial charge in [0.15, 0.2) is 0 Å². The molecule has 3 aromatic rings. The van der Waals surface area contributed by atoms with Gasteiger partial charge in [-0.2, -0.15) is 0 Å². The number of nitrogens with zero attached hydrogens (tertiary/aromatic N) is 1. The maximum Gasteiger partial charge on any atom is 0.119 e. The van der Waals surface area contributed by atoms with E-state index in [1.54, 1.807) is 6.07 Å². The lowest BCUT2D eigenvalue weighted by Gasteiger charge is -2.13. The van der Waals surface area contributed by atoms with E-state index in [4.69, 9.17) is 0 Å². The van der Waals surface area contributed by atoms with Crippen LogP contribution in [-0.2, 0) is 19.5 Å². The smallest absolute Gasteiger partial charge is 0.119 e. The van der Waals surface area contributed by atoms with Crippen molar-refractivity contribution in [2.75, 3.05) is 0 Å². The number of aromatic nitrogens is 1. The number of hydrogen-bond acceptors (Lipinski definition) is 2. The summed E-state index contributed by atoms with van der Waals surface area (Å²) in [5.41, 5.74) is 4.96. The number of hydrogen-bond donors (Lipinski definition) is 2. The molecule has 1 atom stereocenters. The molecule has 0 radical (unpaired) electrons. The van der Waals surface area contributed by atoms with Crippen molar-refractivity contribution in [1.29, 1.82) is 0 Å². The Balaban J connectivity index is 1.39. The Bertz CT molecular complexity index is 823. The summed E-state index contributed by atoms with van der Waals surface area (Å²) in [7, 11) is 0. The molecule has 3 nitrogen and oxygen atoms in total. The molecule has 4 rings (SSSR count). The van der Waals surface area contributed by atoms with Crippen LogP contribution in [0.25, 0.3) is 0 Å². The summed E-state index contributed by atoms with van der Waals surface area (Å²) in [6, 6.07) is 18.9. The molecule has 122 valence electrons. The van der Waals surface area contributed by atoms with Crippen molar-refractivity contribution in [3.8, 4) is 5.75 Å². The van der Waals surface area contributed by atoms with Crippen molar-refractivity contribution < 1.29 is 5.11 Å². The first-order valence-corrected chi connectivity index (χ1v) is 8.52. The van der Waals surface area contributed by atoms with Crippen LogP contribution in [0.4, 0.5) is 0 Å². The lowest BCUT2D eigenvalue weighted by molar-refractivity contribution is 0.469. The molecule has 0 unspecified atom stereocenters. The van der Waals surface area contributed by atoms with Crippen molar-refractivity contribution >= 4 is 0 Å². The summed E-state index contributed by atoms with van der Waals surface area (Å²) < 4.78 is 2.22. The highest BCUT2D eigenvalue weighted by Crippen LogP contribution is 2.36. The zero-order valence-electron chi connectivity index (χ0n) is 13.7. The standard InChI is InChI=1S/C21H22N2O/c24-21-8-4-7-18-19(21)9-10-20(18)22-13-17-11-12-23(15-17)14-16-5-2-1-3-6-16/h1-8,11-12,15,20,22,24H,9-10,13-14H2/t20-/m1/s1. The molecule has 1 aliphatic rings. The molecule has 0 bridgehead atoms. The number of fused-ring (bicyclic) bond motifs is 1. The zero-order chi connectivity index (χ0) is 16.4. The molecule has 3 heteroatoms. The van der Waals surface area contributed by atoms with Crippen LogP contribution in [0.2, 0.25) is 0 Å². The van der Waals surface area contributed by atoms with E-state index in [0.29, 0.717) is 11.8 Å². The average Bonchev–Trinajstić information content (AvgIpc) is 3.21. The molecular formula is C21H22N2O. The molecule has 24 heavy (non-hydrogen) atoms. The van der Waals surface area contributed by atoms with Gasteiger partial charge in [0.2, 0.25) is 0 Å². The molecule has 1 heterocycles.